The second kappa shape index (κ2) is 9.67. The zero-order valence-corrected chi connectivity index (χ0v) is 17.0. The Hall–Kier alpha value is -2.99. The van der Waals surface area contributed by atoms with Crippen LogP contribution in [0.5, 0.6) is 5.75 Å². The molecular weight excluding hydrogens is 378 g/mol. The summed E-state index contributed by atoms with van der Waals surface area (Å²) in [4.78, 5) is 22.7. The minimum Gasteiger partial charge on any atom is -0.508 e. The molecule has 1 unspecified atom stereocenters. The molecule has 3 heterocycles. The summed E-state index contributed by atoms with van der Waals surface area (Å²) in [6.45, 7) is 1.90. The van der Waals surface area contributed by atoms with Gasteiger partial charge in [0.15, 0.2) is 0 Å². The molecule has 0 spiro atoms. The molecule has 4 rings (SSSR count). The van der Waals surface area contributed by atoms with Gasteiger partial charge >= 0.3 is 0 Å². The lowest BCUT2D eigenvalue weighted by atomic mass is 9.88. The predicted molar refractivity (Wildman–Crippen MR) is 113 cm³/mol. The third-order valence-corrected chi connectivity index (χ3v) is 5.93. The maximum absolute atomic E-state index is 12.0. The van der Waals surface area contributed by atoms with Crippen LogP contribution in [-0.4, -0.2) is 38.8 Å². The number of aromatic nitrogens is 2. The molecule has 30 heavy (non-hydrogen) atoms. The number of aromatic hydroxyl groups is 1. The van der Waals surface area contributed by atoms with Crippen molar-refractivity contribution in [2.45, 2.75) is 38.1 Å². The summed E-state index contributed by atoms with van der Waals surface area (Å²) in [6.07, 6.45) is 11.1. The van der Waals surface area contributed by atoms with E-state index in [1.807, 2.05) is 30.5 Å². The SMILES string of the molecule is O=C(CCCC1CCN(C(c2cccnc2)c2ccccc2O)CC1)c1ncco1. The van der Waals surface area contributed by atoms with Gasteiger partial charge in [0.25, 0.3) is 5.89 Å². The fourth-order valence-corrected chi connectivity index (χ4v) is 4.36. The standard InChI is InChI=1S/C24H27N3O3/c28-21-8-2-1-7-20(21)23(19-6-4-12-25-17-19)27-14-10-18(11-15-27)5-3-9-22(29)24-26-13-16-30-24/h1-2,4,6-8,12-13,16-18,23,28H,3,5,9-11,14-15H2. The molecule has 2 aromatic heterocycles. The van der Waals surface area contributed by atoms with Gasteiger partial charge < -0.3 is 9.52 Å². The third-order valence-electron chi connectivity index (χ3n) is 5.93. The van der Waals surface area contributed by atoms with Crippen molar-refractivity contribution in [2.75, 3.05) is 13.1 Å². The first-order valence-electron chi connectivity index (χ1n) is 10.6. The molecule has 6 heteroatoms. The van der Waals surface area contributed by atoms with E-state index >= 15 is 0 Å². The number of oxazole rings is 1. The maximum Gasteiger partial charge on any atom is 0.263 e. The van der Waals surface area contributed by atoms with E-state index in [9.17, 15) is 9.90 Å². The molecule has 1 fully saturated rings. The summed E-state index contributed by atoms with van der Waals surface area (Å²) < 4.78 is 5.08. The first-order chi connectivity index (χ1) is 14.7. The van der Waals surface area contributed by atoms with E-state index < -0.39 is 0 Å². The van der Waals surface area contributed by atoms with Crippen LogP contribution in [0.2, 0.25) is 0 Å². The Labute approximate surface area is 176 Å². The number of phenols is 1. The highest BCUT2D eigenvalue weighted by atomic mass is 16.3. The number of Topliss-reactive ketones (excluding diaryl/α,β-unsaturated/α-hetero) is 1. The average Bonchev–Trinajstić information content (AvgIpc) is 3.32. The summed E-state index contributed by atoms with van der Waals surface area (Å²) in [6, 6.07) is 11.6. The van der Waals surface area contributed by atoms with Crippen molar-refractivity contribution in [1.29, 1.82) is 0 Å². The number of carbonyl (C=O) groups excluding carboxylic acids is 1. The van der Waals surface area contributed by atoms with Gasteiger partial charge in [0.1, 0.15) is 12.0 Å². The number of para-hydroxylation sites is 1. The molecular formula is C24H27N3O3. The van der Waals surface area contributed by atoms with Gasteiger partial charge in [0, 0.05) is 24.4 Å². The molecule has 1 aliphatic heterocycles. The van der Waals surface area contributed by atoms with Crippen molar-refractivity contribution in [3.05, 3.63) is 78.3 Å². The number of pyridine rings is 1. The highest BCUT2D eigenvalue weighted by molar-refractivity contribution is 5.91. The van der Waals surface area contributed by atoms with Crippen LogP contribution < -0.4 is 0 Å². The van der Waals surface area contributed by atoms with E-state index in [2.05, 4.69) is 20.9 Å². The number of carbonyl (C=O) groups is 1. The number of rotatable bonds is 8. The zero-order chi connectivity index (χ0) is 20.8. The number of benzene rings is 1. The van der Waals surface area contributed by atoms with Crippen molar-refractivity contribution in [1.82, 2.24) is 14.9 Å². The lowest BCUT2D eigenvalue weighted by Gasteiger charge is -2.38. The topological polar surface area (TPSA) is 79.5 Å². The number of ketones is 1. The number of hydrogen-bond donors (Lipinski definition) is 1. The molecule has 156 valence electrons. The Kier molecular flexibility index (Phi) is 6.54. The van der Waals surface area contributed by atoms with E-state index in [0.29, 0.717) is 18.1 Å². The van der Waals surface area contributed by atoms with Crippen LogP contribution in [0.4, 0.5) is 0 Å². The summed E-state index contributed by atoms with van der Waals surface area (Å²) in [5, 5.41) is 10.5. The van der Waals surface area contributed by atoms with Crippen LogP contribution in [0.3, 0.4) is 0 Å². The van der Waals surface area contributed by atoms with Gasteiger partial charge in [-0.3, -0.25) is 14.7 Å². The molecule has 1 N–H and O–H groups in total. The van der Waals surface area contributed by atoms with Crippen molar-refractivity contribution in [2.24, 2.45) is 5.92 Å². The fraction of sp³-hybridized carbons (Fsp3) is 0.375. The number of likely N-dealkylation sites (tertiary alicyclic amines) is 1. The molecule has 0 bridgehead atoms. The molecule has 3 aromatic rings. The Balaban J connectivity index is 1.36. The maximum atomic E-state index is 12.0. The normalized spacial score (nSPS) is 16.4. The summed E-state index contributed by atoms with van der Waals surface area (Å²) in [5.74, 6) is 1.12. The monoisotopic (exact) mass is 405 g/mol. The van der Waals surface area contributed by atoms with Crippen molar-refractivity contribution in [3.63, 3.8) is 0 Å². The van der Waals surface area contributed by atoms with Crippen LogP contribution in [0.15, 0.2) is 65.7 Å². The minimum absolute atomic E-state index is 0.00699. The second-order valence-corrected chi connectivity index (χ2v) is 7.88. The Bertz CT molecular complexity index is 935. The van der Waals surface area contributed by atoms with Crippen LogP contribution in [-0.2, 0) is 0 Å². The van der Waals surface area contributed by atoms with Gasteiger partial charge in [0.05, 0.1) is 12.2 Å². The van der Waals surface area contributed by atoms with Gasteiger partial charge in [-0.2, -0.15) is 0 Å². The Morgan fingerprint density at radius 2 is 2.00 bits per heavy atom. The van der Waals surface area contributed by atoms with Gasteiger partial charge in [-0.25, -0.2) is 4.98 Å². The first kappa shape index (κ1) is 20.3. The van der Waals surface area contributed by atoms with Gasteiger partial charge in [-0.1, -0.05) is 24.3 Å². The number of phenolic OH excluding ortho intramolecular Hbond substituents is 1. The molecule has 6 nitrogen and oxygen atoms in total. The highest BCUT2D eigenvalue weighted by Gasteiger charge is 2.29. The summed E-state index contributed by atoms with van der Waals surface area (Å²) in [7, 11) is 0. The van der Waals surface area contributed by atoms with E-state index in [-0.39, 0.29) is 17.7 Å². The summed E-state index contributed by atoms with van der Waals surface area (Å²) in [5.41, 5.74) is 2.01. The van der Waals surface area contributed by atoms with Crippen LogP contribution in [0.1, 0.15) is 60.0 Å². The third kappa shape index (κ3) is 4.76. The highest BCUT2D eigenvalue weighted by Crippen LogP contribution is 2.36. The predicted octanol–water partition coefficient (Wildman–Crippen LogP) is 4.63. The molecule has 1 aliphatic rings. The van der Waals surface area contributed by atoms with Crippen LogP contribution >= 0.6 is 0 Å². The van der Waals surface area contributed by atoms with Crippen molar-refractivity contribution >= 4 is 5.78 Å². The minimum atomic E-state index is -0.0198. The molecule has 0 saturated carbocycles. The Morgan fingerprint density at radius 1 is 1.17 bits per heavy atom. The van der Waals surface area contributed by atoms with E-state index in [1.54, 1.807) is 12.3 Å². The average molecular weight is 405 g/mol. The van der Waals surface area contributed by atoms with E-state index in [1.165, 1.54) is 12.5 Å². The van der Waals surface area contributed by atoms with Gasteiger partial charge in [-0.05, 0) is 62.4 Å². The fourth-order valence-electron chi connectivity index (χ4n) is 4.36. The van der Waals surface area contributed by atoms with E-state index in [4.69, 9.17) is 4.42 Å². The molecule has 0 radical (unpaired) electrons. The largest absolute Gasteiger partial charge is 0.508 e. The summed E-state index contributed by atoms with van der Waals surface area (Å²) >= 11 is 0. The number of hydrogen-bond acceptors (Lipinski definition) is 6. The van der Waals surface area contributed by atoms with Crippen molar-refractivity contribution in [3.8, 4) is 5.75 Å². The quantitative estimate of drug-likeness (QED) is 0.551. The Morgan fingerprint density at radius 3 is 2.70 bits per heavy atom. The molecule has 1 saturated heterocycles. The van der Waals surface area contributed by atoms with Crippen LogP contribution in [0, 0.1) is 5.92 Å². The van der Waals surface area contributed by atoms with Gasteiger partial charge in [0.2, 0.25) is 5.78 Å². The lowest BCUT2D eigenvalue weighted by molar-refractivity contribution is 0.0939. The zero-order valence-electron chi connectivity index (χ0n) is 17.0. The number of nitrogens with zero attached hydrogens (tertiary/aromatic N) is 3. The molecule has 0 aliphatic carbocycles. The molecule has 0 amide bonds. The van der Waals surface area contributed by atoms with Gasteiger partial charge in [-0.15, -0.1) is 0 Å². The molecule has 1 atom stereocenters. The smallest absolute Gasteiger partial charge is 0.263 e. The second-order valence-electron chi connectivity index (χ2n) is 7.88. The number of piperidine rings is 1. The first-order valence-corrected chi connectivity index (χ1v) is 10.6. The molecule has 1 aromatic carbocycles. The van der Waals surface area contributed by atoms with Crippen LogP contribution in [0.25, 0.3) is 0 Å². The van der Waals surface area contributed by atoms with E-state index in [0.717, 1.165) is 49.9 Å². The lowest BCUT2D eigenvalue weighted by Crippen LogP contribution is -2.37. The van der Waals surface area contributed by atoms with Crippen molar-refractivity contribution < 1.29 is 14.3 Å².